The molecule has 1 rings (SSSR count). The van der Waals surface area contributed by atoms with Crippen LogP contribution in [0.15, 0.2) is 0 Å². The number of hydrogen-bond donors (Lipinski definition) is 2. The van der Waals surface area contributed by atoms with Crippen LogP contribution in [0.4, 0.5) is 0 Å². The summed E-state index contributed by atoms with van der Waals surface area (Å²) in [6.45, 7) is 7.10. The molecule has 6 nitrogen and oxygen atoms in total. The third kappa shape index (κ3) is 5.01. The van der Waals surface area contributed by atoms with Gasteiger partial charge in [0.05, 0.1) is 6.54 Å². The molecule has 0 atom stereocenters. The number of nitrogens with zero attached hydrogens (tertiary/aromatic N) is 2. The van der Waals surface area contributed by atoms with Gasteiger partial charge in [-0.05, 0) is 6.54 Å². The summed E-state index contributed by atoms with van der Waals surface area (Å²) in [6.07, 6.45) is 0.559. The zero-order valence-corrected chi connectivity index (χ0v) is 11.4. The van der Waals surface area contributed by atoms with Gasteiger partial charge in [-0.15, -0.1) is 0 Å². The van der Waals surface area contributed by atoms with Gasteiger partial charge in [0.25, 0.3) is 0 Å². The first kappa shape index (κ1) is 14.9. The highest BCUT2D eigenvalue weighted by Crippen LogP contribution is 2.03. The van der Waals surface area contributed by atoms with E-state index in [9.17, 15) is 9.59 Å². The molecule has 1 heterocycles. The van der Waals surface area contributed by atoms with Gasteiger partial charge in [0.1, 0.15) is 0 Å². The first-order valence-corrected chi connectivity index (χ1v) is 6.58. The SMILES string of the molecule is CCNCCC(=O)N1CCN(CC(=O)NC)CC1. The molecule has 0 aromatic rings. The molecule has 1 aliphatic heterocycles. The number of piperazine rings is 1. The van der Waals surface area contributed by atoms with Gasteiger partial charge in [-0.1, -0.05) is 6.92 Å². The van der Waals surface area contributed by atoms with Crippen molar-refractivity contribution >= 4 is 11.8 Å². The predicted molar refractivity (Wildman–Crippen MR) is 70.2 cm³/mol. The van der Waals surface area contributed by atoms with Crippen molar-refractivity contribution in [2.45, 2.75) is 13.3 Å². The molecule has 0 aliphatic carbocycles. The summed E-state index contributed by atoms with van der Waals surface area (Å²) in [4.78, 5) is 27.0. The lowest BCUT2D eigenvalue weighted by Gasteiger charge is -2.34. The molecule has 0 unspecified atom stereocenters. The second kappa shape index (κ2) is 8.05. The Hall–Kier alpha value is -1.14. The number of nitrogens with one attached hydrogen (secondary N) is 2. The third-order valence-corrected chi connectivity index (χ3v) is 3.14. The second-order valence-electron chi connectivity index (χ2n) is 4.43. The van der Waals surface area contributed by atoms with Crippen molar-refractivity contribution in [3.63, 3.8) is 0 Å². The average molecular weight is 256 g/mol. The molecule has 0 saturated carbocycles. The monoisotopic (exact) mass is 256 g/mol. The first-order chi connectivity index (χ1) is 8.67. The van der Waals surface area contributed by atoms with Gasteiger partial charge in [-0.25, -0.2) is 0 Å². The minimum Gasteiger partial charge on any atom is -0.358 e. The Balaban J connectivity index is 2.22. The van der Waals surface area contributed by atoms with E-state index in [1.54, 1.807) is 7.05 Å². The Kier molecular flexibility index (Phi) is 6.67. The largest absolute Gasteiger partial charge is 0.358 e. The van der Waals surface area contributed by atoms with Gasteiger partial charge in [0.15, 0.2) is 0 Å². The topological polar surface area (TPSA) is 64.7 Å². The quantitative estimate of drug-likeness (QED) is 0.591. The van der Waals surface area contributed by atoms with Crippen molar-refractivity contribution in [1.82, 2.24) is 20.4 Å². The van der Waals surface area contributed by atoms with Gasteiger partial charge in [-0.3, -0.25) is 14.5 Å². The number of carbonyl (C=O) groups excluding carboxylic acids is 2. The van der Waals surface area contributed by atoms with Crippen LogP contribution in [-0.2, 0) is 9.59 Å². The van der Waals surface area contributed by atoms with Crippen LogP contribution in [-0.4, -0.2) is 74.5 Å². The molecule has 0 radical (unpaired) electrons. The highest BCUT2D eigenvalue weighted by atomic mass is 16.2. The summed E-state index contributed by atoms with van der Waals surface area (Å²) < 4.78 is 0. The normalized spacial score (nSPS) is 16.7. The van der Waals surface area contributed by atoms with Crippen molar-refractivity contribution in [3.8, 4) is 0 Å². The predicted octanol–water partition coefficient (Wildman–Crippen LogP) is -1.12. The Morgan fingerprint density at radius 1 is 1.17 bits per heavy atom. The molecule has 1 fully saturated rings. The number of likely N-dealkylation sites (N-methyl/N-ethyl adjacent to an activating group) is 1. The van der Waals surface area contributed by atoms with E-state index in [4.69, 9.17) is 0 Å². The molecule has 0 spiro atoms. The highest BCUT2D eigenvalue weighted by molar-refractivity contribution is 5.78. The van der Waals surface area contributed by atoms with E-state index in [0.717, 1.165) is 39.3 Å². The minimum absolute atomic E-state index is 0.0296. The maximum Gasteiger partial charge on any atom is 0.233 e. The van der Waals surface area contributed by atoms with Gasteiger partial charge >= 0.3 is 0 Å². The molecular formula is C12H24N4O2. The van der Waals surface area contributed by atoms with Crippen LogP contribution in [0.25, 0.3) is 0 Å². The molecule has 6 heteroatoms. The fourth-order valence-electron chi connectivity index (χ4n) is 1.97. The number of rotatable bonds is 6. The molecule has 0 aromatic heterocycles. The van der Waals surface area contributed by atoms with E-state index in [2.05, 4.69) is 15.5 Å². The van der Waals surface area contributed by atoms with Crippen LogP contribution in [0.3, 0.4) is 0 Å². The zero-order valence-electron chi connectivity index (χ0n) is 11.4. The summed E-state index contributed by atoms with van der Waals surface area (Å²) in [5.41, 5.74) is 0. The summed E-state index contributed by atoms with van der Waals surface area (Å²) in [5.74, 6) is 0.234. The van der Waals surface area contributed by atoms with Crippen LogP contribution >= 0.6 is 0 Å². The van der Waals surface area contributed by atoms with Gasteiger partial charge in [-0.2, -0.15) is 0 Å². The van der Waals surface area contributed by atoms with Crippen LogP contribution in [0.2, 0.25) is 0 Å². The van der Waals surface area contributed by atoms with Crippen molar-refractivity contribution < 1.29 is 9.59 Å². The smallest absolute Gasteiger partial charge is 0.233 e. The van der Waals surface area contributed by atoms with E-state index in [0.29, 0.717) is 13.0 Å². The second-order valence-corrected chi connectivity index (χ2v) is 4.43. The molecule has 2 N–H and O–H groups in total. The highest BCUT2D eigenvalue weighted by Gasteiger charge is 2.21. The Bertz CT molecular complexity index is 275. The standard InChI is InChI=1S/C12H24N4O2/c1-3-14-5-4-12(18)16-8-6-15(7-9-16)10-11(17)13-2/h14H,3-10H2,1-2H3,(H,13,17). The van der Waals surface area contributed by atoms with E-state index in [-0.39, 0.29) is 11.8 Å². The van der Waals surface area contributed by atoms with E-state index >= 15 is 0 Å². The lowest BCUT2D eigenvalue weighted by molar-refractivity contribution is -0.133. The molecule has 1 aliphatic rings. The van der Waals surface area contributed by atoms with Crippen LogP contribution in [0.1, 0.15) is 13.3 Å². The molecule has 2 amide bonds. The number of carbonyl (C=O) groups is 2. The van der Waals surface area contributed by atoms with E-state index in [1.807, 2.05) is 11.8 Å². The summed E-state index contributed by atoms with van der Waals surface area (Å²) in [5, 5.41) is 5.76. The number of hydrogen-bond acceptors (Lipinski definition) is 4. The average Bonchev–Trinajstić information content (AvgIpc) is 2.39. The molecular weight excluding hydrogens is 232 g/mol. The van der Waals surface area contributed by atoms with Crippen molar-refractivity contribution in [2.24, 2.45) is 0 Å². The lowest BCUT2D eigenvalue weighted by atomic mass is 10.2. The lowest BCUT2D eigenvalue weighted by Crippen LogP contribution is -2.51. The maximum absolute atomic E-state index is 11.8. The minimum atomic E-state index is 0.0296. The van der Waals surface area contributed by atoms with Crippen molar-refractivity contribution in [1.29, 1.82) is 0 Å². The molecule has 0 aromatic carbocycles. The maximum atomic E-state index is 11.8. The Labute approximate surface area is 109 Å². The fraction of sp³-hybridized carbons (Fsp3) is 0.833. The van der Waals surface area contributed by atoms with Gasteiger partial charge in [0.2, 0.25) is 11.8 Å². The molecule has 104 valence electrons. The molecule has 18 heavy (non-hydrogen) atoms. The summed E-state index contributed by atoms with van der Waals surface area (Å²) in [6, 6.07) is 0. The number of amides is 2. The van der Waals surface area contributed by atoms with Gasteiger partial charge in [0, 0.05) is 46.2 Å². The summed E-state index contributed by atoms with van der Waals surface area (Å²) >= 11 is 0. The van der Waals surface area contributed by atoms with E-state index in [1.165, 1.54) is 0 Å². The van der Waals surface area contributed by atoms with Crippen LogP contribution in [0, 0.1) is 0 Å². The summed E-state index contributed by atoms with van der Waals surface area (Å²) in [7, 11) is 1.64. The van der Waals surface area contributed by atoms with E-state index < -0.39 is 0 Å². The zero-order chi connectivity index (χ0) is 13.4. The van der Waals surface area contributed by atoms with Crippen LogP contribution in [0.5, 0.6) is 0 Å². The van der Waals surface area contributed by atoms with Crippen molar-refractivity contribution in [2.75, 3.05) is 52.9 Å². The Morgan fingerprint density at radius 3 is 2.39 bits per heavy atom. The fourth-order valence-corrected chi connectivity index (χ4v) is 1.97. The van der Waals surface area contributed by atoms with Crippen LogP contribution < -0.4 is 10.6 Å². The molecule has 0 bridgehead atoms. The molecule has 1 saturated heterocycles. The van der Waals surface area contributed by atoms with Crippen molar-refractivity contribution in [3.05, 3.63) is 0 Å². The van der Waals surface area contributed by atoms with Gasteiger partial charge < -0.3 is 15.5 Å². The third-order valence-electron chi connectivity index (χ3n) is 3.14. The Morgan fingerprint density at radius 2 is 1.83 bits per heavy atom. The first-order valence-electron chi connectivity index (χ1n) is 6.58.